The van der Waals surface area contributed by atoms with Crippen LogP contribution in [0.2, 0.25) is 0 Å². The van der Waals surface area contributed by atoms with Crippen molar-refractivity contribution in [2.24, 2.45) is 7.05 Å². The number of rotatable bonds is 6. The number of nitrogens with zero attached hydrogens (tertiary/aromatic N) is 3. The predicted molar refractivity (Wildman–Crippen MR) is 128 cm³/mol. The number of carbonyl (C=O) groups is 1. The fraction of sp³-hybridized carbons (Fsp3) is 0.381. The van der Waals surface area contributed by atoms with E-state index in [2.05, 4.69) is 10.3 Å². The number of hydrogen-bond acceptors (Lipinski definition) is 7. The molecule has 0 atom stereocenters. The molecule has 170 valence electrons. The van der Waals surface area contributed by atoms with Crippen molar-refractivity contribution in [3.05, 3.63) is 45.1 Å². The molecule has 1 N–H and O–H groups in total. The van der Waals surface area contributed by atoms with Crippen molar-refractivity contribution in [2.45, 2.75) is 36.7 Å². The number of fused-ring (bicyclic) bond motifs is 1. The van der Waals surface area contributed by atoms with Crippen molar-refractivity contribution in [1.82, 2.24) is 13.9 Å². The van der Waals surface area contributed by atoms with Gasteiger partial charge >= 0.3 is 0 Å². The van der Waals surface area contributed by atoms with Crippen molar-refractivity contribution in [3.8, 4) is 0 Å². The second-order valence-corrected chi connectivity index (χ2v) is 11.8. The minimum atomic E-state index is -3.48. The van der Waals surface area contributed by atoms with Gasteiger partial charge in [0.05, 0.1) is 16.0 Å². The first-order valence-electron chi connectivity index (χ1n) is 10.2. The van der Waals surface area contributed by atoms with E-state index >= 15 is 0 Å². The molecular formula is C21H24N4O4S3. The molecule has 3 heterocycles. The summed E-state index contributed by atoms with van der Waals surface area (Å²) >= 11 is 2.66. The van der Waals surface area contributed by atoms with E-state index in [4.69, 9.17) is 0 Å². The van der Waals surface area contributed by atoms with Crippen molar-refractivity contribution in [2.75, 3.05) is 24.2 Å². The highest BCUT2D eigenvalue weighted by molar-refractivity contribution is 7.99. The van der Waals surface area contributed by atoms with Gasteiger partial charge in [0.1, 0.15) is 4.83 Å². The molecule has 0 unspecified atom stereocenters. The maximum absolute atomic E-state index is 12.7. The molecule has 4 rings (SSSR count). The zero-order valence-corrected chi connectivity index (χ0v) is 20.5. The summed E-state index contributed by atoms with van der Waals surface area (Å²) in [4.78, 5) is 31.6. The highest BCUT2D eigenvalue weighted by Gasteiger charge is 2.27. The van der Waals surface area contributed by atoms with Crippen molar-refractivity contribution in [1.29, 1.82) is 0 Å². The Morgan fingerprint density at radius 3 is 2.50 bits per heavy atom. The number of thiophene rings is 1. The van der Waals surface area contributed by atoms with Crippen LogP contribution in [0.4, 0.5) is 5.69 Å². The number of aryl methyl sites for hydroxylation is 2. The van der Waals surface area contributed by atoms with Gasteiger partial charge < -0.3 is 5.32 Å². The normalized spacial score (nSPS) is 14.8. The topological polar surface area (TPSA) is 101 Å². The van der Waals surface area contributed by atoms with Crippen LogP contribution in [0.5, 0.6) is 0 Å². The number of sulfonamides is 1. The number of amides is 1. The molecule has 0 saturated carbocycles. The van der Waals surface area contributed by atoms with Gasteiger partial charge in [0, 0.05) is 30.7 Å². The Morgan fingerprint density at radius 1 is 1.19 bits per heavy atom. The number of anilines is 1. The monoisotopic (exact) mass is 492 g/mol. The van der Waals surface area contributed by atoms with Gasteiger partial charge in [0.15, 0.2) is 5.16 Å². The van der Waals surface area contributed by atoms with E-state index in [1.165, 1.54) is 44.1 Å². The Labute approximate surface area is 194 Å². The molecule has 0 bridgehead atoms. The minimum absolute atomic E-state index is 0.0724. The molecule has 0 spiro atoms. The number of thioether (sulfide) groups is 1. The van der Waals surface area contributed by atoms with E-state index in [0.29, 0.717) is 34.1 Å². The fourth-order valence-electron chi connectivity index (χ4n) is 3.60. The molecule has 2 aromatic heterocycles. The van der Waals surface area contributed by atoms with Gasteiger partial charge in [-0.3, -0.25) is 14.2 Å². The summed E-state index contributed by atoms with van der Waals surface area (Å²) < 4.78 is 28.2. The molecule has 1 amide bonds. The second kappa shape index (κ2) is 8.97. The molecule has 1 fully saturated rings. The summed E-state index contributed by atoms with van der Waals surface area (Å²) in [6.45, 7) is 4.97. The summed E-state index contributed by atoms with van der Waals surface area (Å²) in [5.74, 6) is -0.193. The largest absolute Gasteiger partial charge is 0.325 e. The summed E-state index contributed by atoms with van der Waals surface area (Å²) in [5.41, 5.74) is 1.34. The minimum Gasteiger partial charge on any atom is -0.325 e. The summed E-state index contributed by atoms with van der Waals surface area (Å²) in [7, 11) is -1.83. The standard InChI is InChI=1S/C21H24N4O4S3/c1-13-14(2)31-19-18(13)20(27)24(3)21(23-19)30-12-17(26)22-15-6-8-16(9-7-15)32(28,29)25-10-4-5-11-25/h6-9H,4-5,10-12H2,1-3H3,(H,22,26). The molecule has 11 heteroatoms. The first-order valence-corrected chi connectivity index (χ1v) is 13.4. The summed E-state index contributed by atoms with van der Waals surface area (Å²) in [6, 6.07) is 6.19. The molecule has 1 aliphatic rings. The van der Waals surface area contributed by atoms with Crippen LogP contribution >= 0.6 is 23.1 Å². The fourth-order valence-corrected chi connectivity index (χ4v) is 6.96. The summed E-state index contributed by atoms with van der Waals surface area (Å²) in [5, 5.41) is 3.87. The number of carbonyl (C=O) groups excluding carboxylic acids is 1. The molecule has 3 aromatic rings. The van der Waals surface area contributed by atoms with E-state index in [9.17, 15) is 18.0 Å². The molecule has 8 nitrogen and oxygen atoms in total. The highest BCUT2D eigenvalue weighted by atomic mass is 32.2. The van der Waals surface area contributed by atoms with Crippen LogP contribution in [0.3, 0.4) is 0 Å². The van der Waals surface area contributed by atoms with Gasteiger partial charge in [-0.2, -0.15) is 4.31 Å². The number of hydrogen-bond donors (Lipinski definition) is 1. The quantitative estimate of drug-likeness (QED) is 0.419. The first kappa shape index (κ1) is 23.0. The van der Waals surface area contributed by atoms with E-state index in [0.717, 1.165) is 23.3 Å². The van der Waals surface area contributed by atoms with Crippen LogP contribution < -0.4 is 10.9 Å². The van der Waals surface area contributed by atoms with Crippen molar-refractivity contribution < 1.29 is 13.2 Å². The Hall–Kier alpha value is -2.21. The number of aromatic nitrogens is 2. The van der Waals surface area contributed by atoms with Crippen LogP contribution in [0.1, 0.15) is 23.3 Å². The lowest BCUT2D eigenvalue weighted by molar-refractivity contribution is -0.113. The molecule has 0 radical (unpaired) electrons. The lowest BCUT2D eigenvalue weighted by Crippen LogP contribution is -2.27. The first-order chi connectivity index (χ1) is 15.2. The maximum atomic E-state index is 12.7. The smallest absolute Gasteiger partial charge is 0.262 e. The lowest BCUT2D eigenvalue weighted by atomic mass is 10.2. The van der Waals surface area contributed by atoms with Crippen LogP contribution in [-0.4, -0.2) is 47.0 Å². The summed E-state index contributed by atoms with van der Waals surface area (Å²) in [6.07, 6.45) is 1.76. The molecule has 0 aliphatic carbocycles. The molecule has 1 aromatic carbocycles. The van der Waals surface area contributed by atoms with Gasteiger partial charge in [-0.15, -0.1) is 11.3 Å². The predicted octanol–water partition coefficient (Wildman–Crippen LogP) is 3.13. The third kappa shape index (κ3) is 4.34. The Kier molecular flexibility index (Phi) is 6.44. The molecule has 32 heavy (non-hydrogen) atoms. The van der Waals surface area contributed by atoms with Gasteiger partial charge in [-0.25, -0.2) is 13.4 Å². The molecule has 1 saturated heterocycles. The average Bonchev–Trinajstić information content (AvgIpc) is 3.39. The SMILES string of the molecule is Cc1sc2nc(SCC(=O)Nc3ccc(S(=O)(=O)N4CCCC4)cc3)n(C)c(=O)c2c1C. The van der Waals surface area contributed by atoms with E-state index < -0.39 is 10.0 Å². The lowest BCUT2D eigenvalue weighted by Gasteiger charge is -2.15. The number of nitrogens with one attached hydrogen (secondary N) is 1. The van der Waals surface area contributed by atoms with E-state index in [1.807, 2.05) is 13.8 Å². The van der Waals surface area contributed by atoms with Crippen LogP contribution in [0, 0.1) is 13.8 Å². The van der Waals surface area contributed by atoms with Gasteiger partial charge in [-0.1, -0.05) is 11.8 Å². The number of benzene rings is 1. The molecule has 1 aliphatic heterocycles. The van der Waals surface area contributed by atoms with Gasteiger partial charge in [0.25, 0.3) is 5.56 Å². The third-order valence-electron chi connectivity index (χ3n) is 5.54. The highest BCUT2D eigenvalue weighted by Crippen LogP contribution is 2.28. The van der Waals surface area contributed by atoms with E-state index in [1.54, 1.807) is 19.2 Å². The van der Waals surface area contributed by atoms with E-state index in [-0.39, 0.29) is 22.1 Å². The van der Waals surface area contributed by atoms with Gasteiger partial charge in [-0.05, 0) is 56.5 Å². The Morgan fingerprint density at radius 2 is 1.84 bits per heavy atom. The molecular weight excluding hydrogens is 468 g/mol. The zero-order valence-electron chi connectivity index (χ0n) is 18.0. The van der Waals surface area contributed by atoms with Crippen LogP contribution in [0.15, 0.2) is 39.1 Å². The van der Waals surface area contributed by atoms with Crippen molar-refractivity contribution in [3.63, 3.8) is 0 Å². The Bertz CT molecular complexity index is 1340. The van der Waals surface area contributed by atoms with Crippen LogP contribution in [0.25, 0.3) is 10.2 Å². The average molecular weight is 493 g/mol. The maximum Gasteiger partial charge on any atom is 0.262 e. The zero-order chi connectivity index (χ0) is 23.0. The third-order valence-corrected chi connectivity index (χ3v) is 9.59. The Balaban J connectivity index is 1.42. The van der Waals surface area contributed by atoms with Gasteiger partial charge in [0.2, 0.25) is 15.9 Å². The second-order valence-electron chi connectivity index (χ2n) is 7.69. The van der Waals surface area contributed by atoms with Crippen molar-refractivity contribution >= 4 is 54.9 Å². The van der Waals surface area contributed by atoms with Crippen LogP contribution in [-0.2, 0) is 21.9 Å².